The van der Waals surface area contributed by atoms with Crippen LogP contribution in [0.2, 0.25) is 0 Å². The maximum Gasteiger partial charge on any atom is 0.407 e. The second-order valence-corrected chi connectivity index (χ2v) is 6.24. The van der Waals surface area contributed by atoms with Gasteiger partial charge in [-0.25, -0.2) is 4.79 Å². The van der Waals surface area contributed by atoms with Gasteiger partial charge in [0.2, 0.25) is 0 Å². The van der Waals surface area contributed by atoms with Crippen molar-refractivity contribution in [2.45, 2.75) is 32.3 Å². The molecule has 0 fully saturated rings. The monoisotopic (exact) mass is 343 g/mol. The first-order valence-electron chi connectivity index (χ1n) is 6.14. The summed E-state index contributed by atoms with van der Waals surface area (Å²) in [5.74, 6) is -1.81. The predicted octanol–water partition coefficient (Wildman–Crippen LogP) is 3.14. The molecule has 1 rings (SSSR count). The minimum absolute atomic E-state index is 0.0219. The SMILES string of the molecule is CC(C)(C)OC(=O)NC[C@H](C(=O)O)c1ccc(Br)cc1. The van der Waals surface area contributed by atoms with Crippen LogP contribution >= 0.6 is 15.9 Å². The Labute approximate surface area is 126 Å². The summed E-state index contributed by atoms with van der Waals surface area (Å²) >= 11 is 3.29. The van der Waals surface area contributed by atoms with Gasteiger partial charge in [0.15, 0.2) is 0 Å². The molecule has 110 valence electrons. The van der Waals surface area contributed by atoms with Gasteiger partial charge in [0.1, 0.15) is 5.60 Å². The van der Waals surface area contributed by atoms with Gasteiger partial charge < -0.3 is 15.2 Å². The number of benzene rings is 1. The smallest absolute Gasteiger partial charge is 0.407 e. The molecule has 0 saturated heterocycles. The maximum atomic E-state index is 11.5. The van der Waals surface area contributed by atoms with Gasteiger partial charge in [0.05, 0.1) is 5.92 Å². The van der Waals surface area contributed by atoms with Crippen LogP contribution in [-0.2, 0) is 9.53 Å². The lowest BCUT2D eigenvalue weighted by atomic mass is 9.99. The van der Waals surface area contributed by atoms with E-state index in [1.807, 2.05) is 0 Å². The quantitative estimate of drug-likeness (QED) is 0.880. The molecule has 1 amide bonds. The number of halogens is 1. The summed E-state index contributed by atoms with van der Waals surface area (Å²) in [6.07, 6.45) is -0.624. The Morgan fingerprint density at radius 2 is 1.85 bits per heavy atom. The molecule has 1 aromatic rings. The standard InChI is InChI=1S/C14H18BrNO4/c1-14(2,3)20-13(19)16-8-11(12(17)18)9-4-6-10(15)7-5-9/h4-7,11H,8H2,1-3H3,(H,16,19)(H,17,18)/t11-/m0/s1. The van der Waals surface area contributed by atoms with Crippen LogP contribution in [-0.4, -0.2) is 29.3 Å². The molecule has 1 aromatic carbocycles. The number of aliphatic carboxylic acids is 1. The van der Waals surface area contributed by atoms with E-state index < -0.39 is 23.6 Å². The molecule has 0 aliphatic rings. The minimum atomic E-state index is -0.997. The van der Waals surface area contributed by atoms with E-state index in [4.69, 9.17) is 4.74 Å². The lowest BCUT2D eigenvalue weighted by Crippen LogP contribution is -2.36. The lowest BCUT2D eigenvalue weighted by Gasteiger charge is -2.21. The number of carbonyl (C=O) groups excluding carboxylic acids is 1. The second kappa shape index (κ2) is 6.74. The number of hydrogen-bond acceptors (Lipinski definition) is 3. The molecular weight excluding hydrogens is 326 g/mol. The van der Waals surface area contributed by atoms with Gasteiger partial charge in [-0.05, 0) is 38.5 Å². The van der Waals surface area contributed by atoms with Gasteiger partial charge in [0, 0.05) is 11.0 Å². The van der Waals surface area contributed by atoms with Crippen molar-refractivity contribution in [1.29, 1.82) is 0 Å². The van der Waals surface area contributed by atoms with Crippen LogP contribution in [0, 0.1) is 0 Å². The molecule has 5 nitrogen and oxygen atoms in total. The van der Waals surface area contributed by atoms with E-state index in [1.54, 1.807) is 45.0 Å². The van der Waals surface area contributed by atoms with E-state index in [2.05, 4.69) is 21.2 Å². The van der Waals surface area contributed by atoms with Gasteiger partial charge in [-0.1, -0.05) is 28.1 Å². The Morgan fingerprint density at radius 3 is 2.30 bits per heavy atom. The number of hydrogen-bond donors (Lipinski definition) is 2. The molecule has 6 heteroatoms. The summed E-state index contributed by atoms with van der Waals surface area (Å²) in [4.78, 5) is 22.8. The molecule has 0 unspecified atom stereocenters. The highest BCUT2D eigenvalue weighted by atomic mass is 79.9. The number of alkyl carbamates (subject to hydrolysis) is 1. The molecule has 0 aromatic heterocycles. The molecule has 0 saturated carbocycles. The van der Waals surface area contributed by atoms with Crippen LogP contribution in [0.15, 0.2) is 28.7 Å². The molecule has 0 spiro atoms. The summed E-state index contributed by atoms with van der Waals surface area (Å²) in [5, 5.41) is 11.7. The van der Waals surface area contributed by atoms with Crippen LogP contribution in [0.25, 0.3) is 0 Å². The molecule has 0 bridgehead atoms. The van der Waals surface area contributed by atoms with Crippen LogP contribution in [0.4, 0.5) is 4.79 Å². The zero-order valence-electron chi connectivity index (χ0n) is 11.6. The zero-order valence-corrected chi connectivity index (χ0v) is 13.2. The van der Waals surface area contributed by atoms with Crippen LogP contribution in [0.5, 0.6) is 0 Å². The Balaban J connectivity index is 2.67. The largest absolute Gasteiger partial charge is 0.481 e. The van der Waals surface area contributed by atoms with Crippen molar-refractivity contribution < 1.29 is 19.4 Å². The van der Waals surface area contributed by atoms with Crippen molar-refractivity contribution in [2.24, 2.45) is 0 Å². The van der Waals surface area contributed by atoms with Crippen molar-refractivity contribution in [3.8, 4) is 0 Å². The van der Waals surface area contributed by atoms with Crippen molar-refractivity contribution in [3.05, 3.63) is 34.3 Å². The Bertz CT molecular complexity index is 479. The van der Waals surface area contributed by atoms with Gasteiger partial charge in [-0.15, -0.1) is 0 Å². The fourth-order valence-corrected chi connectivity index (χ4v) is 1.81. The normalized spacial score (nSPS) is 12.6. The first kappa shape index (κ1) is 16.5. The second-order valence-electron chi connectivity index (χ2n) is 5.33. The molecule has 0 radical (unpaired) electrons. The molecule has 20 heavy (non-hydrogen) atoms. The number of nitrogens with one attached hydrogen (secondary N) is 1. The number of amides is 1. The molecule has 0 heterocycles. The van der Waals surface area contributed by atoms with E-state index in [0.29, 0.717) is 5.56 Å². The van der Waals surface area contributed by atoms with E-state index in [1.165, 1.54) is 0 Å². The number of carboxylic acids is 1. The first-order valence-corrected chi connectivity index (χ1v) is 6.93. The summed E-state index contributed by atoms with van der Waals surface area (Å²) in [6.45, 7) is 5.22. The van der Waals surface area contributed by atoms with E-state index in [9.17, 15) is 14.7 Å². The zero-order chi connectivity index (χ0) is 15.3. The Morgan fingerprint density at radius 1 is 1.30 bits per heavy atom. The predicted molar refractivity (Wildman–Crippen MR) is 78.8 cm³/mol. The van der Waals surface area contributed by atoms with Gasteiger partial charge >= 0.3 is 12.1 Å². The molecular formula is C14H18BrNO4. The fourth-order valence-electron chi connectivity index (χ4n) is 1.54. The van der Waals surface area contributed by atoms with Crippen LogP contribution < -0.4 is 5.32 Å². The van der Waals surface area contributed by atoms with Crippen LogP contribution in [0.1, 0.15) is 32.3 Å². The van der Waals surface area contributed by atoms with Crippen molar-refractivity contribution in [1.82, 2.24) is 5.32 Å². The van der Waals surface area contributed by atoms with E-state index in [-0.39, 0.29) is 6.54 Å². The number of rotatable bonds is 4. The summed E-state index contributed by atoms with van der Waals surface area (Å²) in [5.41, 5.74) is 0.0113. The van der Waals surface area contributed by atoms with E-state index >= 15 is 0 Å². The minimum Gasteiger partial charge on any atom is -0.481 e. The topological polar surface area (TPSA) is 75.6 Å². The highest BCUT2D eigenvalue weighted by Gasteiger charge is 2.22. The number of carboxylic acid groups (broad SMARTS) is 1. The maximum absolute atomic E-state index is 11.5. The number of ether oxygens (including phenoxy) is 1. The average Bonchev–Trinajstić information content (AvgIpc) is 2.29. The van der Waals surface area contributed by atoms with Gasteiger partial charge in [0.25, 0.3) is 0 Å². The molecule has 2 N–H and O–H groups in total. The third-order valence-corrected chi connectivity index (χ3v) is 2.95. The van der Waals surface area contributed by atoms with E-state index in [0.717, 1.165) is 4.47 Å². The third kappa shape index (κ3) is 5.61. The summed E-state index contributed by atoms with van der Waals surface area (Å²) in [7, 11) is 0. The lowest BCUT2D eigenvalue weighted by molar-refractivity contribution is -0.138. The fraction of sp³-hybridized carbons (Fsp3) is 0.429. The highest BCUT2D eigenvalue weighted by Crippen LogP contribution is 2.19. The average molecular weight is 344 g/mol. The Hall–Kier alpha value is -1.56. The van der Waals surface area contributed by atoms with Crippen LogP contribution in [0.3, 0.4) is 0 Å². The van der Waals surface area contributed by atoms with Crippen molar-refractivity contribution in [3.63, 3.8) is 0 Å². The molecule has 0 aliphatic heterocycles. The van der Waals surface area contributed by atoms with Gasteiger partial charge in [-0.3, -0.25) is 4.79 Å². The Kier molecular flexibility index (Phi) is 5.56. The summed E-state index contributed by atoms with van der Waals surface area (Å²) < 4.78 is 5.94. The van der Waals surface area contributed by atoms with Crippen molar-refractivity contribution in [2.75, 3.05) is 6.54 Å². The number of carbonyl (C=O) groups is 2. The van der Waals surface area contributed by atoms with Gasteiger partial charge in [-0.2, -0.15) is 0 Å². The van der Waals surface area contributed by atoms with Crippen molar-refractivity contribution >= 4 is 28.0 Å². The summed E-state index contributed by atoms with van der Waals surface area (Å²) in [6, 6.07) is 6.94. The molecule has 1 atom stereocenters. The molecule has 0 aliphatic carbocycles. The third-order valence-electron chi connectivity index (χ3n) is 2.42. The first-order chi connectivity index (χ1) is 9.19. The highest BCUT2D eigenvalue weighted by molar-refractivity contribution is 9.10.